The van der Waals surface area contributed by atoms with E-state index in [0.717, 1.165) is 37.4 Å². The number of anilines is 2. The summed E-state index contributed by atoms with van der Waals surface area (Å²) in [4.78, 5) is 41.4. The molecule has 10 heteroatoms. The number of hydrogen-bond acceptors (Lipinski definition) is 7. The minimum absolute atomic E-state index is 0.288. The van der Waals surface area contributed by atoms with Crippen molar-refractivity contribution >= 4 is 23.6 Å². The molecule has 0 atom stereocenters. The number of amides is 4. The lowest BCUT2D eigenvalue weighted by Gasteiger charge is -2.34. The zero-order valence-corrected chi connectivity index (χ0v) is 22.1. The molecule has 4 amide bonds. The van der Waals surface area contributed by atoms with Gasteiger partial charge in [0.2, 0.25) is 0 Å². The molecule has 0 spiro atoms. The number of likely N-dealkylation sites (N-methyl/N-ethyl adjacent to an activating group) is 2. The van der Waals surface area contributed by atoms with Crippen LogP contribution in [0.2, 0.25) is 0 Å². The number of piperazine rings is 1. The average molecular weight is 516 g/mol. The smallest absolute Gasteiger partial charge is 0.331 e. The largest absolute Gasteiger partial charge is 0.455 e. The number of hydrogen-bond donors (Lipinski definition) is 1. The van der Waals surface area contributed by atoms with Gasteiger partial charge < -0.3 is 19.4 Å². The van der Waals surface area contributed by atoms with Crippen LogP contribution in [0.5, 0.6) is 11.5 Å². The molecular weight excluding hydrogens is 482 g/mol. The normalized spacial score (nSPS) is 16.2. The van der Waals surface area contributed by atoms with Gasteiger partial charge in [0.25, 0.3) is 0 Å². The van der Waals surface area contributed by atoms with E-state index in [2.05, 4.69) is 56.4 Å². The molecule has 2 fully saturated rings. The second-order valence-electron chi connectivity index (χ2n) is 9.54. The fourth-order valence-electron chi connectivity index (χ4n) is 4.63. The van der Waals surface area contributed by atoms with E-state index in [1.54, 1.807) is 29.3 Å². The highest BCUT2D eigenvalue weighted by atomic mass is 16.5. The van der Waals surface area contributed by atoms with Crippen molar-refractivity contribution in [3.05, 3.63) is 60.4 Å². The maximum atomic E-state index is 12.6. The van der Waals surface area contributed by atoms with Gasteiger partial charge in [-0.25, -0.2) is 19.5 Å². The van der Waals surface area contributed by atoms with E-state index in [0.29, 0.717) is 42.6 Å². The first kappa shape index (κ1) is 25.5. The number of rotatable bonds is 6. The van der Waals surface area contributed by atoms with E-state index in [-0.39, 0.29) is 6.03 Å². The lowest BCUT2D eigenvalue weighted by atomic mass is 10.1. The Bertz CT molecular complexity index is 1310. The number of nitrogens with one attached hydrogen (secondary N) is 1. The molecule has 3 aromatic rings. The lowest BCUT2D eigenvalue weighted by molar-refractivity contribution is 0.192. The van der Waals surface area contributed by atoms with Crippen LogP contribution in [0, 0.1) is 6.92 Å². The number of nitrogens with zero attached hydrogens (tertiary/aromatic N) is 6. The number of urea groups is 2. The summed E-state index contributed by atoms with van der Waals surface area (Å²) >= 11 is 0. The average Bonchev–Trinajstić information content (AvgIpc) is 3.31. The third-order valence-electron chi connectivity index (χ3n) is 6.98. The molecular formula is C28H33N7O3. The molecule has 198 valence electrons. The second kappa shape index (κ2) is 11.1. The highest BCUT2D eigenvalue weighted by Gasteiger charge is 2.32. The number of carbonyl (C=O) groups is 2. The Kier molecular flexibility index (Phi) is 7.41. The van der Waals surface area contributed by atoms with Gasteiger partial charge in [-0.3, -0.25) is 10.3 Å². The van der Waals surface area contributed by atoms with E-state index in [9.17, 15) is 9.59 Å². The van der Waals surface area contributed by atoms with Gasteiger partial charge >= 0.3 is 12.1 Å². The summed E-state index contributed by atoms with van der Waals surface area (Å²) < 4.78 is 6.11. The lowest BCUT2D eigenvalue weighted by Crippen LogP contribution is -2.44. The van der Waals surface area contributed by atoms with Crippen molar-refractivity contribution in [3.63, 3.8) is 0 Å². The number of imide groups is 1. The molecule has 0 unspecified atom stereocenters. The fraction of sp³-hybridized carbons (Fsp3) is 0.357. The van der Waals surface area contributed by atoms with Crippen LogP contribution in [-0.2, 0) is 0 Å². The maximum Gasteiger partial charge on any atom is 0.331 e. The molecule has 2 aliphatic heterocycles. The second-order valence-corrected chi connectivity index (χ2v) is 9.54. The molecule has 38 heavy (non-hydrogen) atoms. The quantitative estimate of drug-likeness (QED) is 0.524. The van der Waals surface area contributed by atoms with E-state index in [1.165, 1.54) is 10.6 Å². The third-order valence-corrected chi connectivity index (χ3v) is 6.98. The van der Waals surface area contributed by atoms with E-state index in [4.69, 9.17) is 4.74 Å². The number of pyridine rings is 2. The number of aromatic nitrogens is 2. The zero-order valence-electron chi connectivity index (χ0n) is 22.1. The molecule has 1 N–H and O–H groups in total. The summed E-state index contributed by atoms with van der Waals surface area (Å²) in [6.07, 6.45) is 1.73. The van der Waals surface area contributed by atoms with Crippen molar-refractivity contribution in [1.82, 2.24) is 24.7 Å². The van der Waals surface area contributed by atoms with Gasteiger partial charge in [-0.1, -0.05) is 12.1 Å². The van der Waals surface area contributed by atoms with E-state index in [1.807, 2.05) is 19.9 Å². The first-order valence-electron chi connectivity index (χ1n) is 12.9. The number of benzene rings is 1. The maximum absolute atomic E-state index is 12.6. The molecule has 1 aromatic carbocycles. The van der Waals surface area contributed by atoms with Gasteiger partial charge in [-0.15, -0.1) is 0 Å². The van der Waals surface area contributed by atoms with Crippen LogP contribution >= 0.6 is 0 Å². The van der Waals surface area contributed by atoms with Gasteiger partial charge in [0, 0.05) is 69.3 Å². The van der Waals surface area contributed by atoms with Crippen molar-refractivity contribution < 1.29 is 14.3 Å². The number of ether oxygens (including phenoxy) is 1. The van der Waals surface area contributed by atoms with Crippen LogP contribution in [0.15, 0.2) is 54.7 Å². The molecule has 0 radical (unpaired) electrons. The van der Waals surface area contributed by atoms with Crippen molar-refractivity contribution in [2.24, 2.45) is 0 Å². The summed E-state index contributed by atoms with van der Waals surface area (Å²) in [7, 11) is 2.16. The standard InChI is InChI=1S/C28H33N7O3/c1-4-33-17-18-35(28(33)37)27(36)31-26-10-9-25(20(2)30-26)38-23-11-12-29-24(19-23)21-5-7-22(8-6-21)34-15-13-32(3)14-16-34/h5-12,19H,4,13-18H2,1-3H3,(H,30,31,36). The van der Waals surface area contributed by atoms with Crippen LogP contribution < -0.4 is 15.0 Å². The highest BCUT2D eigenvalue weighted by molar-refractivity contribution is 6.01. The summed E-state index contributed by atoms with van der Waals surface area (Å²) in [5, 5.41) is 2.71. The Labute approximate surface area is 222 Å². The summed E-state index contributed by atoms with van der Waals surface area (Å²) in [5.41, 5.74) is 3.67. The molecule has 4 heterocycles. The summed E-state index contributed by atoms with van der Waals surface area (Å²) in [6, 6.07) is 14.8. The molecule has 5 rings (SSSR count). The van der Waals surface area contributed by atoms with Gasteiger partial charge in [0.15, 0.2) is 0 Å². The Hall–Kier alpha value is -4.18. The van der Waals surface area contributed by atoms with Crippen LogP contribution in [-0.4, -0.2) is 89.6 Å². The fourth-order valence-corrected chi connectivity index (χ4v) is 4.63. The molecule has 2 saturated heterocycles. The van der Waals surface area contributed by atoms with E-state index < -0.39 is 6.03 Å². The van der Waals surface area contributed by atoms with Crippen molar-refractivity contribution in [1.29, 1.82) is 0 Å². The van der Waals surface area contributed by atoms with Gasteiger partial charge in [-0.05, 0) is 51.2 Å². The van der Waals surface area contributed by atoms with Crippen LogP contribution in [0.1, 0.15) is 12.6 Å². The molecule has 10 nitrogen and oxygen atoms in total. The van der Waals surface area contributed by atoms with Crippen molar-refractivity contribution in [2.45, 2.75) is 13.8 Å². The SMILES string of the molecule is CCN1CCN(C(=O)Nc2ccc(Oc3ccnc(-c4ccc(N5CCN(C)CC5)cc4)c3)c(C)n2)C1=O. The van der Waals surface area contributed by atoms with Gasteiger partial charge in [-0.2, -0.15) is 0 Å². The molecule has 2 aromatic heterocycles. The molecule has 2 aliphatic rings. The topological polar surface area (TPSA) is 94.1 Å². The minimum atomic E-state index is -0.482. The monoisotopic (exact) mass is 515 g/mol. The number of aryl methyl sites for hydroxylation is 1. The van der Waals surface area contributed by atoms with Crippen LogP contribution in [0.25, 0.3) is 11.3 Å². The summed E-state index contributed by atoms with van der Waals surface area (Å²) in [5.74, 6) is 1.57. The predicted octanol–water partition coefficient (Wildman–Crippen LogP) is 4.29. The van der Waals surface area contributed by atoms with Gasteiger partial charge in [0.1, 0.15) is 17.3 Å². The van der Waals surface area contributed by atoms with E-state index >= 15 is 0 Å². The predicted molar refractivity (Wildman–Crippen MR) is 147 cm³/mol. The third kappa shape index (κ3) is 5.55. The van der Waals surface area contributed by atoms with Crippen LogP contribution in [0.3, 0.4) is 0 Å². The molecule has 0 saturated carbocycles. The minimum Gasteiger partial charge on any atom is -0.455 e. The number of carbonyl (C=O) groups excluding carboxylic acids is 2. The Morgan fingerprint density at radius 3 is 2.45 bits per heavy atom. The Morgan fingerprint density at radius 2 is 1.76 bits per heavy atom. The molecule has 0 bridgehead atoms. The zero-order chi connectivity index (χ0) is 26.6. The van der Waals surface area contributed by atoms with Crippen molar-refractivity contribution in [3.8, 4) is 22.8 Å². The van der Waals surface area contributed by atoms with Gasteiger partial charge in [0.05, 0.1) is 11.4 Å². The Balaban J connectivity index is 1.23. The first-order valence-corrected chi connectivity index (χ1v) is 12.9. The van der Waals surface area contributed by atoms with Crippen LogP contribution in [0.4, 0.5) is 21.1 Å². The first-order chi connectivity index (χ1) is 18.4. The summed E-state index contributed by atoms with van der Waals surface area (Å²) in [6.45, 7) is 9.37. The Morgan fingerprint density at radius 1 is 1.00 bits per heavy atom. The molecule has 0 aliphatic carbocycles. The highest BCUT2D eigenvalue weighted by Crippen LogP contribution is 2.29. The van der Waals surface area contributed by atoms with Crippen molar-refractivity contribution in [2.75, 3.05) is 63.1 Å².